The molecule has 0 spiro atoms. The molecule has 13 heteroatoms. The Balaban J connectivity index is 1.47. The maximum Gasteiger partial charge on any atom is 0.481 e. The van der Waals surface area contributed by atoms with E-state index in [0.29, 0.717) is 30.2 Å². The highest BCUT2D eigenvalue weighted by molar-refractivity contribution is 6.48. The average molecular weight is 627 g/mol. The number of benzene rings is 1. The van der Waals surface area contributed by atoms with Crippen LogP contribution in [0.4, 0.5) is 0 Å². The third-order valence-corrected chi connectivity index (χ3v) is 10.1. The lowest BCUT2D eigenvalue weighted by Crippen LogP contribution is -2.65. The number of rotatable bonds is 15. The number of hydrogen-bond donors (Lipinski definition) is 4. The zero-order chi connectivity index (χ0) is 32.9. The van der Waals surface area contributed by atoms with Gasteiger partial charge in [0.1, 0.15) is 6.04 Å². The van der Waals surface area contributed by atoms with Crippen molar-refractivity contribution in [2.75, 3.05) is 6.54 Å². The van der Waals surface area contributed by atoms with Crippen molar-refractivity contribution < 1.29 is 23.9 Å². The zero-order valence-corrected chi connectivity index (χ0v) is 27.6. The number of unbranched alkanes of at least 4 members (excludes halogenated alkanes) is 1. The van der Waals surface area contributed by atoms with Gasteiger partial charge in [0.25, 0.3) is 11.9 Å². The number of hydrazine groups is 1. The lowest BCUT2D eigenvalue weighted by atomic mass is 9.43. The summed E-state index contributed by atoms with van der Waals surface area (Å²) in [4.78, 5) is 41.8. The molecule has 1 saturated heterocycles. The maximum absolute atomic E-state index is 13.9. The Bertz CT molecular complexity index is 1240. The van der Waals surface area contributed by atoms with Crippen LogP contribution in [0.5, 0.6) is 0 Å². The van der Waals surface area contributed by atoms with Crippen molar-refractivity contribution in [2.45, 2.75) is 117 Å². The van der Waals surface area contributed by atoms with Gasteiger partial charge in [0.05, 0.1) is 17.6 Å². The molecule has 0 aromatic heterocycles. The number of carbonyl (C=O) groups is 2. The first-order valence-corrected chi connectivity index (χ1v) is 16.5. The topological polar surface area (TPSA) is 170 Å². The van der Waals surface area contributed by atoms with Crippen LogP contribution in [-0.2, 0) is 20.5 Å². The summed E-state index contributed by atoms with van der Waals surface area (Å²) in [7, 11) is -0.592. The smallest absolute Gasteiger partial charge is 0.404 e. The summed E-state index contributed by atoms with van der Waals surface area (Å²) in [5.41, 5.74) is 8.76. The third kappa shape index (κ3) is 8.16. The number of nitro groups is 1. The molecule has 248 valence electrons. The molecule has 2 bridgehead atoms. The normalized spacial score (nSPS) is 26.4. The van der Waals surface area contributed by atoms with E-state index >= 15 is 0 Å². The first-order valence-electron chi connectivity index (χ1n) is 16.5. The number of nitrogens with one attached hydrogen (secondary N) is 3. The second kappa shape index (κ2) is 14.5. The number of aliphatic imine (C=N–C) groups is 1. The molecular weight excluding hydrogens is 575 g/mol. The van der Waals surface area contributed by atoms with Crippen molar-refractivity contribution in [1.29, 1.82) is 0 Å². The number of hydrogen-bond acceptors (Lipinski definition) is 7. The number of aryl methyl sites for hydroxylation is 1. The van der Waals surface area contributed by atoms with Crippen LogP contribution in [0, 0.1) is 33.3 Å². The van der Waals surface area contributed by atoms with Crippen LogP contribution in [-0.4, -0.2) is 60.2 Å². The molecule has 3 aliphatic carbocycles. The molecule has 1 aromatic rings. The highest BCUT2D eigenvalue weighted by Crippen LogP contribution is 2.65. The fraction of sp³-hybridized carbons (Fsp3) is 0.719. The van der Waals surface area contributed by atoms with E-state index in [1.165, 1.54) is 0 Å². The molecule has 1 heterocycles. The van der Waals surface area contributed by atoms with Crippen molar-refractivity contribution in [1.82, 2.24) is 16.1 Å². The Morgan fingerprint density at radius 1 is 1.16 bits per heavy atom. The SMILES string of the molecule is CCCCc1ccc(C(=O)N[C@@H](CCCN=C(N)N[N+](=O)[O-])C(=O)N[C@@H](CC(C)C)B2O[C@@H]3C[C@H]4C[C@H](C4(C)C)[C@]3(C)O2)cc1. The van der Waals surface area contributed by atoms with Gasteiger partial charge in [0, 0.05) is 12.1 Å². The Kier molecular flexibility index (Phi) is 11.2. The van der Waals surface area contributed by atoms with Gasteiger partial charge in [0.15, 0.2) is 5.03 Å². The van der Waals surface area contributed by atoms with Gasteiger partial charge in [0.2, 0.25) is 5.91 Å². The minimum Gasteiger partial charge on any atom is -0.404 e. The van der Waals surface area contributed by atoms with Gasteiger partial charge in [-0.15, -0.1) is 0 Å². The standard InChI is InChI=1S/C32H51BN6O6/c1-7-8-10-21-12-14-22(15-13-21)28(40)36-24(11-9-16-35-30(34)38-39(42)43)29(41)37-27(17-20(2)3)33-44-26-19-23-18-25(31(23,4)5)32(26,6)45-33/h12-15,20,23-27H,7-11,16-19H2,1-6H3,(H,36,40)(H,37,41)(H3,34,35,38)/t23-,24+,25-,26-,27+,32+/m1/s1. The molecule has 3 saturated carbocycles. The van der Waals surface area contributed by atoms with E-state index in [-0.39, 0.29) is 48.2 Å². The highest BCUT2D eigenvalue weighted by Gasteiger charge is 2.68. The Hall–Kier alpha value is -3.19. The van der Waals surface area contributed by atoms with E-state index < -0.39 is 29.7 Å². The fourth-order valence-electron chi connectivity index (χ4n) is 7.44. The van der Waals surface area contributed by atoms with Crippen molar-refractivity contribution in [3.8, 4) is 0 Å². The van der Waals surface area contributed by atoms with Crippen LogP contribution in [0.25, 0.3) is 0 Å². The van der Waals surface area contributed by atoms with Crippen molar-refractivity contribution in [3.05, 3.63) is 45.5 Å². The van der Waals surface area contributed by atoms with Gasteiger partial charge in [-0.25, -0.2) is 15.1 Å². The maximum atomic E-state index is 13.9. The monoisotopic (exact) mass is 626 g/mol. The summed E-state index contributed by atoms with van der Waals surface area (Å²) in [5, 5.41) is 15.9. The van der Waals surface area contributed by atoms with Gasteiger partial charge >= 0.3 is 7.12 Å². The molecule has 1 aromatic carbocycles. The summed E-state index contributed by atoms with van der Waals surface area (Å²) in [6, 6.07) is 6.57. The summed E-state index contributed by atoms with van der Waals surface area (Å²) >= 11 is 0. The molecule has 0 radical (unpaired) electrons. The molecule has 1 aliphatic heterocycles. The first-order chi connectivity index (χ1) is 21.2. The van der Waals surface area contributed by atoms with Crippen LogP contribution in [0.3, 0.4) is 0 Å². The molecule has 12 nitrogen and oxygen atoms in total. The molecule has 4 fully saturated rings. The summed E-state index contributed by atoms with van der Waals surface area (Å²) in [6.07, 6.45) is 6.42. The second-order valence-corrected chi connectivity index (χ2v) is 14.2. The number of amides is 2. The molecule has 4 aliphatic rings. The van der Waals surface area contributed by atoms with Crippen LogP contribution >= 0.6 is 0 Å². The molecule has 0 unspecified atom stereocenters. The molecule has 5 N–H and O–H groups in total. The van der Waals surface area contributed by atoms with Gasteiger partial charge in [-0.05, 0) is 92.7 Å². The minimum atomic E-state index is -0.877. The predicted octanol–water partition coefficient (Wildman–Crippen LogP) is 3.80. The quantitative estimate of drug-likeness (QED) is 0.0569. The summed E-state index contributed by atoms with van der Waals surface area (Å²) in [5.74, 6) is -0.165. The fourth-order valence-corrected chi connectivity index (χ4v) is 7.44. The van der Waals surface area contributed by atoms with Crippen LogP contribution in [0.15, 0.2) is 29.3 Å². The van der Waals surface area contributed by atoms with Gasteiger partial charge in [-0.1, -0.05) is 58.6 Å². The van der Waals surface area contributed by atoms with Crippen molar-refractivity contribution in [3.63, 3.8) is 0 Å². The molecule has 6 atom stereocenters. The number of carbonyl (C=O) groups excluding carboxylic acids is 2. The summed E-state index contributed by atoms with van der Waals surface area (Å²) in [6.45, 7) is 13.2. The van der Waals surface area contributed by atoms with E-state index in [1.807, 2.05) is 17.6 Å². The highest BCUT2D eigenvalue weighted by atomic mass is 16.7. The van der Waals surface area contributed by atoms with Crippen LogP contribution < -0.4 is 21.8 Å². The van der Waals surface area contributed by atoms with Crippen molar-refractivity contribution >= 4 is 24.9 Å². The van der Waals surface area contributed by atoms with E-state index in [0.717, 1.165) is 37.7 Å². The van der Waals surface area contributed by atoms with Crippen molar-refractivity contribution in [2.24, 2.45) is 33.9 Å². The van der Waals surface area contributed by atoms with Crippen LogP contribution in [0.1, 0.15) is 102 Å². The molecular formula is C32H51BN6O6. The zero-order valence-electron chi connectivity index (χ0n) is 27.6. The summed E-state index contributed by atoms with van der Waals surface area (Å²) < 4.78 is 13.2. The van der Waals surface area contributed by atoms with E-state index in [4.69, 9.17) is 15.0 Å². The predicted molar refractivity (Wildman–Crippen MR) is 174 cm³/mol. The van der Waals surface area contributed by atoms with Gasteiger partial charge < -0.3 is 25.7 Å². The first kappa shape index (κ1) is 34.7. The van der Waals surface area contributed by atoms with Crippen LogP contribution in [0.2, 0.25) is 0 Å². The molecule has 5 rings (SSSR count). The van der Waals surface area contributed by atoms with Gasteiger partial charge in [-0.3, -0.25) is 9.59 Å². The lowest BCUT2D eigenvalue weighted by molar-refractivity contribution is -0.525. The molecule has 2 amide bonds. The third-order valence-electron chi connectivity index (χ3n) is 10.1. The number of nitrogens with two attached hydrogens (primary N) is 1. The Labute approximate surface area is 267 Å². The number of nitrogens with zero attached hydrogens (tertiary/aromatic N) is 2. The Morgan fingerprint density at radius 3 is 2.49 bits per heavy atom. The van der Waals surface area contributed by atoms with E-state index in [2.05, 4.69) is 57.2 Å². The average Bonchev–Trinajstić information content (AvgIpc) is 3.34. The van der Waals surface area contributed by atoms with Gasteiger partial charge in [-0.2, -0.15) is 0 Å². The van der Waals surface area contributed by atoms with E-state index in [9.17, 15) is 19.7 Å². The number of guanidine groups is 1. The molecule has 45 heavy (non-hydrogen) atoms. The van der Waals surface area contributed by atoms with E-state index in [1.54, 1.807) is 12.1 Å². The lowest BCUT2D eigenvalue weighted by Gasteiger charge is -2.64. The Morgan fingerprint density at radius 2 is 1.87 bits per heavy atom. The second-order valence-electron chi connectivity index (χ2n) is 14.2. The minimum absolute atomic E-state index is 0.0160. The largest absolute Gasteiger partial charge is 0.481 e.